The van der Waals surface area contributed by atoms with Crippen molar-refractivity contribution in [3.8, 4) is 17.2 Å². The molecule has 37 heavy (non-hydrogen) atoms. The van der Waals surface area contributed by atoms with Gasteiger partial charge in [0.25, 0.3) is 10.0 Å². The van der Waals surface area contributed by atoms with Crippen LogP contribution in [0.25, 0.3) is 0 Å². The van der Waals surface area contributed by atoms with E-state index < -0.39 is 28.6 Å². The fourth-order valence-electron chi connectivity index (χ4n) is 3.76. The number of hydrogen-bond acceptors (Lipinski definition) is 8. The SMILES string of the molecule is CCOC(=O)CN(c1ccc(Cl)cc1C(O)c1ccccc1OC)S(=O)(=O)c1ccc(OC)c(OC)c1. The molecule has 3 rings (SSSR count). The van der Waals surface area contributed by atoms with E-state index >= 15 is 0 Å². The van der Waals surface area contributed by atoms with Gasteiger partial charge in [0.2, 0.25) is 0 Å². The quantitative estimate of drug-likeness (QED) is 0.354. The zero-order chi connectivity index (χ0) is 27.2. The molecule has 0 saturated carbocycles. The molecule has 0 heterocycles. The molecule has 0 fully saturated rings. The number of anilines is 1. The van der Waals surface area contributed by atoms with Crippen LogP contribution in [0.1, 0.15) is 24.2 Å². The Morgan fingerprint density at radius 2 is 1.59 bits per heavy atom. The normalized spacial score (nSPS) is 11.9. The molecular weight excluding hydrogens is 522 g/mol. The molecule has 9 nitrogen and oxygen atoms in total. The number of aliphatic hydroxyl groups excluding tert-OH is 1. The van der Waals surface area contributed by atoms with E-state index in [0.29, 0.717) is 17.1 Å². The number of benzene rings is 3. The maximum atomic E-state index is 13.9. The second kappa shape index (κ2) is 12.2. The molecule has 0 radical (unpaired) electrons. The highest BCUT2D eigenvalue weighted by Crippen LogP contribution is 2.39. The molecule has 11 heteroatoms. The van der Waals surface area contributed by atoms with Gasteiger partial charge in [-0.2, -0.15) is 0 Å². The van der Waals surface area contributed by atoms with E-state index in [9.17, 15) is 18.3 Å². The predicted octanol–water partition coefficient (Wildman–Crippen LogP) is 4.21. The van der Waals surface area contributed by atoms with Gasteiger partial charge in [0, 0.05) is 22.2 Å². The molecule has 0 spiro atoms. The number of para-hydroxylation sites is 1. The number of ether oxygens (including phenoxy) is 4. The summed E-state index contributed by atoms with van der Waals surface area (Å²) in [6.07, 6.45) is -1.34. The van der Waals surface area contributed by atoms with Crippen molar-refractivity contribution in [2.24, 2.45) is 0 Å². The molecule has 0 saturated heterocycles. The number of aliphatic hydroxyl groups is 1. The lowest BCUT2D eigenvalue weighted by atomic mass is 9.99. The van der Waals surface area contributed by atoms with E-state index in [-0.39, 0.29) is 33.5 Å². The van der Waals surface area contributed by atoms with Gasteiger partial charge in [0.1, 0.15) is 18.4 Å². The van der Waals surface area contributed by atoms with Gasteiger partial charge >= 0.3 is 5.97 Å². The van der Waals surface area contributed by atoms with Gasteiger partial charge in [-0.15, -0.1) is 0 Å². The Morgan fingerprint density at radius 3 is 2.24 bits per heavy atom. The van der Waals surface area contributed by atoms with Crippen LogP contribution in [0.4, 0.5) is 5.69 Å². The zero-order valence-electron chi connectivity index (χ0n) is 20.8. The number of carbonyl (C=O) groups excluding carboxylic acids is 1. The van der Waals surface area contributed by atoms with Crippen molar-refractivity contribution in [3.63, 3.8) is 0 Å². The van der Waals surface area contributed by atoms with E-state index in [1.807, 2.05) is 0 Å². The third-order valence-corrected chi connectivity index (χ3v) is 7.50. The molecule has 0 aliphatic carbocycles. The first-order valence-corrected chi connectivity index (χ1v) is 13.0. The number of hydrogen-bond donors (Lipinski definition) is 1. The lowest BCUT2D eigenvalue weighted by molar-refractivity contribution is -0.141. The van der Waals surface area contributed by atoms with Crippen molar-refractivity contribution < 1.29 is 37.3 Å². The molecule has 0 aliphatic rings. The summed E-state index contributed by atoms with van der Waals surface area (Å²) >= 11 is 6.25. The molecule has 3 aromatic rings. The zero-order valence-corrected chi connectivity index (χ0v) is 22.4. The molecule has 0 amide bonds. The Labute approximate surface area is 221 Å². The average molecular weight is 550 g/mol. The molecule has 3 aromatic carbocycles. The highest BCUT2D eigenvalue weighted by Gasteiger charge is 2.32. The summed E-state index contributed by atoms with van der Waals surface area (Å²) in [4.78, 5) is 12.4. The van der Waals surface area contributed by atoms with Crippen molar-refractivity contribution in [2.45, 2.75) is 17.9 Å². The Hall–Kier alpha value is -3.47. The number of carbonyl (C=O) groups is 1. The van der Waals surface area contributed by atoms with Crippen molar-refractivity contribution in [1.29, 1.82) is 0 Å². The first kappa shape index (κ1) is 28.1. The highest BCUT2D eigenvalue weighted by molar-refractivity contribution is 7.92. The summed E-state index contributed by atoms with van der Waals surface area (Å²) in [5, 5.41) is 11.6. The van der Waals surface area contributed by atoms with Crippen molar-refractivity contribution >= 4 is 33.3 Å². The fourth-order valence-corrected chi connectivity index (χ4v) is 5.39. The van der Waals surface area contributed by atoms with Crippen LogP contribution in [-0.2, 0) is 19.6 Å². The average Bonchev–Trinajstić information content (AvgIpc) is 2.91. The lowest BCUT2D eigenvalue weighted by Crippen LogP contribution is -2.37. The smallest absolute Gasteiger partial charge is 0.326 e. The predicted molar refractivity (Wildman–Crippen MR) is 139 cm³/mol. The van der Waals surface area contributed by atoms with Gasteiger partial charge in [-0.3, -0.25) is 9.10 Å². The molecular formula is C26H28ClNO8S. The van der Waals surface area contributed by atoms with Gasteiger partial charge < -0.3 is 24.1 Å². The van der Waals surface area contributed by atoms with Gasteiger partial charge in [-0.05, 0) is 43.3 Å². The number of rotatable bonds is 11. The van der Waals surface area contributed by atoms with Crippen molar-refractivity contribution in [1.82, 2.24) is 0 Å². The van der Waals surface area contributed by atoms with Crippen LogP contribution in [0.3, 0.4) is 0 Å². The maximum absolute atomic E-state index is 13.9. The minimum atomic E-state index is -4.38. The third kappa shape index (κ3) is 6.10. The van der Waals surface area contributed by atoms with Gasteiger partial charge in [-0.1, -0.05) is 29.8 Å². The van der Waals surface area contributed by atoms with E-state index in [0.717, 1.165) is 4.31 Å². The summed E-state index contributed by atoms with van der Waals surface area (Å²) in [5.74, 6) is 0.127. The number of methoxy groups -OCH3 is 3. The molecule has 198 valence electrons. The van der Waals surface area contributed by atoms with Crippen LogP contribution in [0.15, 0.2) is 65.6 Å². The minimum Gasteiger partial charge on any atom is -0.496 e. The van der Waals surface area contributed by atoms with Crippen LogP contribution >= 0.6 is 11.6 Å². The summed E-state index contributed by atoms with van der Waals surface area (Å²) in [7, 11) is -0.114. The first-order valence-electron chi connectivity index (χ1n) is 11.2. The topological polar surface area (TPSA) is 112 Å². The number of sulfonamides is 1. The van der Waals surface area contributed by atoms with E-state index in [2.05, 4.69) is 0 Å². The standard InChI is InChI=1S/C26H28ClNO8S/c1-5-36-25(29)16-28(37(31,32)18-11-13-23(34-3)24(15-18)35-4)21-12-10-17(27)14-20(21)26(30)19-8-6-7-9-22(19)33-2/h6-15,26,30H,5,16H2,1-4H3. The van der Waals surface area contributed by atoms with E-state index in [1.54, 1.807) is 31.2 Å². The number of esters is 1. The van der Waals surface area contributed by atoms with Gasteiger partial charge in [0.05, 0.1) is 38.5 Å². The summed E-state index contributed by atoms with van der Waals surface area (Å²) in [5.41, 5.74) is 0.559. The molecule has 0 aliphatic heterocycles. The van der Waals surface area contributed by atoms with Crippen LogP contribution in [-0.4, -0.2) is 54.0 Å². The largest absolute Gasteiger partial charge is 0.496 e. The van der Waals surface area contributed by atoms with Crippen LogP contribution in [0, 0.1) is 0 Å². The van der Waals surface area contributed by atoms with Crippen LogP contribution < -0.4 is 18.5 Å². The lowest BCUT2D eigenvalue weighted by Gasteiger charge is -2.28. The van der Waals surface area contributed by atoms with E-state index in [1.165, 1.54) is 57.7 Å². The Bertz CT molecular complexity index is 1360. The number of halogens is 1. The second-order valence-electron chi connectivity index (χ2n) is 7.68. The minimum absolute atomic E-state index is 0.0330. The maximum Gasteiger partial charge on any atom is 0.326 e. The van der Waals surface area contributed by atoms with E-state index in [4.69, 9.17) is 30.5 Å². The van der Waals surface area contributed by atoms with Crippen LogP contribution in [0.5, 0.6) is 17.2 Å². The highest BCUT2D eigenvalue weighted by atomic mass is 35.5. The molecule has 1 atom stereocenters. The Kier molecular flexibility index (Phi) is 9.25. The summed E-state index contributed by atoms with van der Waals surface area (Å²) in [6, 6.07) is 15.2. The molecule has 0 bridgehead atoms. The van der Waals surface area contributed by atoms with Gasteiger partial charge in [0.15, 0.2) is 11.5 Å². The van der Waals surface area contributed by atoms with Crippen LogP contribution in [0.2, 0.25) is 5.02 Å². The van der Waals surface area contributed by atoms with Gasteiger partial charge in [-0.25, -0.2) is 8.42 Å². The second-order valence-corrected chi connectivity index (χ2v) is 9.98. The fraction of sp³-hybridized carbons (Fsp3) is 0.269. The molecule has 0 aromatic heterocycles. The van der Waals surface area contributed by atoms with Crippen molar-refractivity contribution in [3.05, 3.63) is 76.8 Å². The van der Waals surface area contributed by atoms with Crippen molar-refractivity contribution in [2.75, 3.05) is 38.8 Å². The summed E-state index contributed by atoms with van der Waals surface area (Å²) < 4.78 is 49.7. The monoisotopic (exact) mass is 549 g/mol. The third-order valence-electron chi connectivity index (χ3n) is 5.51. The summed E-state index contributed by atoms with van der Waals surface area (Å²) in [6.45, 7) is 1.02. The molecule has 1 unspecified atom stereocenters. The molecule has 1 N–H and O–H groups in total. The Balaban J connectivity index is 2.23. The Morgan fingerprint density at radius 1 is 0.919 bits per heavy atom. The number of nitrogens with zero attached hydrogens (tertiary/aromatic N) is 1. The first-order chi connectivity index (χ1) is 17.7.